The maximum absolute atomic E-state index is 13.6. The number of phenolic OH excluding ortho intramolecular Hbond substituents is 1. The van der Waals surface area contributed by atoms with E-state index in [9.17, 15) is 44.7 Å². The zero-order valence-corrected chi connectivity index (χ0v) is 19.4. The summed E-state index contributed by atoms with van der Waals surface area (Å²) in [7, 11) is 2.91. The van der Waals surface area contributed by atoms with Crippen LogP contribution in [0.25, 0.3) is 0 Å². The molecule has 1 aromatic rings. The number of likely N-dealkylation sites (N-methyl/N-ethyl adjacent to an activating group) is 1. The Morgan fingerprint density at radius 2 is 1.71 bits per heavy atom. The van der Waals surface area contributed by atoms with E-state index in [0.717, 1.165) is 6.07 Å². The zero-order chi connectivity index (χ0) is 26.3. The van der Waals surface area contributed by atoms with Gasteiger partial charge in [0.05, 0.1) is 23.6 Å². The smallest absolute Gasteiger partial charge is 0.255 e. The molecular weight excluding hydrogens is 460 g/mol. The highest BCUT2D eigenvalue weighted by Gasteiger charge is 2.67. The molecule has 0 aliphatic heterocycles. The minimum Gasteiger partial charge on any atom is -0.510 e. The number of amides is 1. The van der Waals surface area contributed by atoms with Gasteiger partial charge in [-0.15, -0.1) is 0 Å². The number of carbonyl (C=O) groups excluding carboxylic acids is 4. The summed E-state index contributed by atoms with van der Waals surface area (Å²) in [6.07, 6.45) is -1.71. The predicted octanol–water partition coefficient (Wildman–Crippen LogP) is -0.145. The molecule has 11 heteroatoms. The number of hydrogen-bond donors (Lipinski definition) is 6. The van der Waals surface area contributed by atoms with Crippen molar-refractivity contribution in [3.63, 3.8) is 0 Å². The molecule has 1 aromatic carbocycles. The summed E-state index contributed by atoms with van der Waals surface area (Å²) in [4.78, 5) is 52.5. The molecular formula is C24H26N2O9. The normalized spacial score (nSPS) is 32.4. The quantitative estimate of drug-likeness (QED) is 0.247. The van der Waals surface area contributed by atoms with Gasteiger partial charge in [-0.25, -0.2) is 0 Å². The van der Waals surface area contributed by atoms with Crippen molar-refractivity contribution < 1.29 is 44.7 Å². The highest BCUT2D eigenvalue weighted by atomic mass is 16.4. The molecule has 3 aliphatic rings. The number of hydrogen-bond acceptors (Lipinski definition) is 10. The van der Waals surface area contributed by atoms with Gasteiger partial charge in [-0.2, -0.15) is 0 Å². The number of ketones is 3. The Morgan fingerprint density at radius 1 is 1.11 bits per heavy atom. The van der Waals surface area contributed by atoms with Crippen molar-refractivity contribution >= 4 is 23.3 Å². The third-order valence-electron chi connectivity index (χ3n) is 7.49. The van der Waals surface area contributed by atoms with E-state index in [1.807, 2.05) is 0 Å². The maximum atomic E-state index is 13.6. The Kier molecular flexibility index (Phi) is 5.43. The SMILES string of the molecule is CC(=O)c1ccc(O)c2c1C(C)C1C(=C(O)C3(O)C(=O)C(C(N)=O)=C(O)C(N(C)C)C3C1O)C2=O. The van der Waals surface area contributed by atoms with Crippen molar-refractivity contribution in [3.8, 4) is 5.75 Å². The molecule has 7 N–H and O–H groups in total. The lowest BCUT2D eigenvalue weighted by atomic mass is 9.55. The van der Waals surface area contributed by atoms with Crippen molar-refractivity contribution in [1.82, 2.24) is 4.90 Å². The Hall–Kier alpha value is -3.54. The molecule has 4 rings (SSSR count). The van der Waals surface area contributed by atoms with Gasteiger partial charge in [0.2, 0.25) is 5.78 Å². The van der Waals surface area contributed by atoms with Crippen LogP contribution < -0.4 is 5.73 Å². The molecule has 0 bridgehead atoms. The molecule has 1 amide bonds. The van der Waals surface area contributed by atoms with E-state index in [4.69, 9.17) is 5.73 Å². The first-order valence-electron chi connectivity index (χ1n) is 10.9. The third kappa shape index (κ3) is 2.95. The lowest BCUT2D eigenvalue weighted by Crippen LogP contribution is -2.68. The van der Waals surface area contributed by atoms with Gasteiger partial charge < -0.3 is 31.3 Å². The Bertz CT molecular complexity index is 1280. The molecule has 0 heterocycles. The van der Waals surface area contributed by atoms with Crippen LogP contribution >= 0.6 is 0 Å². The molecule has 0 saturated heterocycles. The number of carbonyl (C=O) groups is 4. The fourth-order valence-corrected chi connectivity index (χ4v) is 6.01. The zero-order valence-electron chi connectivity index (χ0n) is 19.4. The molecule has 3 aliphatic carbocycles. The molecule has 0 saturated carbocycles. The van der Waals surface area contributed by atoms with Crippen molar-refractivity contribution in [3.05, 3.63) is 51.5 Å². The van der Waals surface area contributed by atoms with Gasteiger partial charge in [-0.05, 0) is 44.6 Å². The highest BCUT2D eigenvalue weighted by Crippen LogP contribution is 2.55. The van der Waals surface area contributed by atoms with Crippen molar-refractivity contribution in [1.29, 1.82) is 0 Å². The van der Waals surface area contributed by atoms with Crippen LogP contribution in [0.4, 0.5) is 0 Å². The number of primary amides is 1. The second kappa shape index (κ2) is 7.74. The van der Waals surface area contributed by atoms with E-state index < -0.39 is 87.2 Å². The Balaban J connectivity index is 2.09. The van der Waals surface area contributed by atoms with Crippen LogP contribution in [0.2, 0.25) is 0 Å². The molecule has 6 unspecified atom stereocenters. The lowest BCUT2D eigenvalue weighted by molar-refractivity contribution is -0.162. The van der Waals surface area contributed by atoms with Crippen LogP contribution in [-0.4, -0.2) is 85.5 Å². The molecule has 35 heavy (non-hydrogen) atoms. The van der Waals surface area contributed by atoms with E-state index in [1.54, 1.807) is 6.92 Å². The predicted molar refractivity (Wildman–Crippen MR) is 120 cm³/mol. The van der Waals surface area contributed by atoms with Crippen molar-refractivity contribution in [2.24, 2.45) is 17.6 Å². The number of phenols is 1. The summed E-state index contributed by atoms with van der Waals surface area (Å²) < 4.78 is 0. The summed E-state index contributed by atoms with van der Waals surface area (Å²) in [5.74, 6) is -10.3. The Labute approximate surface area is 199 Å². The minimum absolute atomic E-state index is 0.132. The van der Waals surface area contributed by atoms with Crippen LogP contribution in [0, 0.1) is 11.8 Å². The molecule has 0 spiro atoms. The molecule has 0 fully saturated rings. The molecule has 0 radical (unpaired) electrons. The first-order valence-corrected chi connectivity index (χ1v) is 10.9. The number of nitrogens with zero attached hydrogens (tertiary/aromatic N) is 1. The number of nitrogens with two attached hydrogens (primary N) is 1. The van der Waals surface area contributed by atoms with Gasteiger partial charge in [-0.3, -0.25) is 24.1 Å². The van der Waals surface area contributed by atoms with E-state index in [1.165, 1.54) is 32.0 Å². The maximum Gasteiger partial charge on any atom is 0.255 e. The number of Topliss-reactive ketones (excluding diaryl/α,β-unsaturated/α-hetero) is 3. The average molecular weight is 486 g/mol. The van der Waals surface area contributed by atoms with Gasteiger partial charge in [0, 0.05) is 17.1 Å². The number of rotatable bonds is 3. The van der Waals surface area contributed by atoms with E-state index in [0.29, 0.717) is 0 Å². The van der Waals surface area contributed by atoms with Crippen molar-refractivity contribution in [2.45, 2.75) is 37.5 Å². The summed E-state index contributed by atoms with van der Waals surface area (Å²) in [6, 6.07) is 1.15. The van der Waals surface area contributed by atoms with E-state index >= 15 is 0 Å². The number of aliphatic hydroxyl groups is 4. The van der Waals surface area contributed by atoms with Crippen LogP contribution in [0.15, 0.2) is 34.8 Å². The summed E-state index contributed by atoms with van der Waals surface area (Å²) in [5.41, 5.74) is 0.823. The summed E-state index contributed by atoms with van der Waals surface area (Å²) in [5, 5.41) is 55.6. The molecule has 186 valence electrons. The largest absolute Gasteiger partial charge is 0.510 e. The standard InChI is InChI=1S/C24H26N2O9/c1-7-11-9(8(2)27)5-6-10(28)13(11)18(29)14-12(7)19(30)16-17(26(3)4)20(31)15(23(25)34)22(33)24(16,35)21(14)32/h5-7,12,16-17,19,28,30-32,35H,1-4H3,(H2,25,34). The third-order valence-corrected chi connectivity index (χ3v) is 7.49. The average Bonchev–Trinajstić information content (AvgIpc) is 2.75. The summed E-state index contributed by atoms with van der Waals surface area (Å²) >= 11 is 0. The van der Waals surface area contributed by atoms with Gasteiger partial charge in [-0.1, -0.05) is 6.92 Å². The summed E-state index contributed by atoms with van der Waals surface area (Å²) in [6.45, 7) is 2.85. The fourth-order valence-electron chi connectivity index (χ4n) is 6.01. The first kappa shape index (κ1) is 24.6. The molecule has 0 aromatic heterocycles. The van der Waals surface area contributed by atoms with Gasteiger partial charge in [0.15, 0.2) is 17.2 Å². The van der Waals surface area contributed by atoms with Gasteiger partial charge >= 0.3 is 0 Å². The fraction of sp³-hybridized carbons (Fsp3) is 0.417. The van der Waals surface area contributed by atoms with Crippen LogP contribution in [0.1, 0.15) is 46.0 Å². The number of benzene rings is 1. The number of aromatic hydroxyl groups is 1. The Morgan fingerprint density at radius 3 is 2.23 bits per heavy atom. The second-order valence-corrected chi connectivity index (χ2v) is 9.53. The topological polar surface area (TPSA) is 199 Å². The second-order valence-electron chi connectivity index (χ2n) is 9.53. The number of aliphatic hydroxyl groups excluding tert-OH is 3. The van der Waals surface area contributed by atoms with E-state index in [-0.39, 0.29) is 16.7 Å². The first-order chi connectivity index (χ1) is 16.2. The van der Waals surface area contributed by atoms with Gasteiger partial charge in [0.25, 0.3) is 5.91 Å². The monoisotopic (exact) mass is 486 g/mol. The van der Waals surface area contributed by atoms with Crippen molar-refractivity contribution in [2.75, 3.05) is 14.1 Å². The molecule has 11 nitrogen and oxygen atoms in total. The number of fused-ring (bicyclic) bond motifs is 3. The highest BCUT2D eigenvalue weighted by molar-refractivity contribution is 6.25. The van der Waals surface area contributed by atoms with Crippen LogP contribution in [0.3, 0.4) is 0 Å². The van der Waals surface area contributed by atoms with Crippen LogP contribution in [-0.2, 0) is 9.59 Å². The lowest BCUT2D eigenvalue weighted by Gasteiger charge is -2.53. The van der Waals surface area contributed by atoms with E-state index in [2.05, 4.69) is 0 Å². The van der Waals surface area contributed by atoms with Gasteiger partial charge in [0.1, 0.15) is 22.8 Å². The molecule has 6 atom stereocenters. The minimum atomic E-state index is -2.97. The van der Waals surface area contributed by atoms with Crippen LogP contribution in [0.5, 0.6) is 5.75 Å².